The van der Waals surface area contributed by atoms with Crippen molar-refractivity contribution in [2.24, 2.45) is 0 Å². The van der Waals surface area contributed by atoms with Crippen molar-refractivity contribution in [2.45, 2.75) is 0 Å². The second kappa shape index (κ2) is 11.2. The average molecular weight is 482 g/mol. The Kier molecular flexibility index (Phi) is 7.24. The first-order chi connectivity index (χ1) is 18.2. The molecule has 3 heteroatoms. The van der Waals surface area contributed by atoms with Gasteiger partial charge in [0, 0.05) is 22.6 Å². The Morgan fingerprint density at radius 1 is 0.568 bits per heavy atom. The summed E-state index contributed by atoms with van der Waals surface area (Å²) in [6.07, 6.45) is 3.09. The van der Waals surface area contributed by atoms with Crippen molar-refractivity contribution in [3.8, 4) is 5.75 Å². The van der Waals surface area contributed by atoms with E-state index in [-0.39, 0.29) is 0 Å². The van der Waals surface area contributed by atoms with Crippen LogP contribution in [0.2, 0.25) is 0 Å². The summed E-state index contributed by atoms with van der Waals surface area (Å²) in [7, 11) is 1.66. The largest absolute Gasteiger partial charge is 0.497 e. The summed E-state index contributed by atoms with van der Waals surface area (Å²) in [5, 5.41) is 0. The normalized spacial score (nSPS) is 11.1. The van der Waals surface area contributed by atoms with E-state index in [1.54, 1.807) is 7.11 Å². The summed E-state index contributed by atoms with van der Waals surface area (Å²) in [4.78, 5) is 13.4. The van der Waals surface area contributed by atoms with E-state index in [0.29, 0.717) is 5.56 Å². The maximum atomic E-state index is 11.2. The summed E-state index contributed by atoms with van der Waals surface area (Å²) in [5.41, 5.74) is 8.22. The fourth-order valence-electron chi connectivity index (χ4n) is 4.34. The Morgan fingerprint density at radius 2 is 1.05 bits per heavy atom. The smallest absolute Gasteiger partial charge is 0.150 e. The van der Waals surface area contributed by atoms with Crippen molar-refractivity contribution in [3.05, 3.63) is 156 Å². The highest BCUT2D eigenvalue weighted by molar-refractivity contribution is 5.92. The number of anilines is 3. The fourth-order valence-corrected chi connectivity index (χ4v) is 4.34. The number of carbonyl (C=O) groups excluding carboxylic acids is 1. The van der Waals surface area contributed by atoms with Crippen LogP contribution in [0.1, 0.15) is 27.0 Å². The molecule has 0 aliphatic carbocycles. The zero-order chi connectivity index (χ0) is 25.5. The van der Waals surface area contributed by atoms with Crippen molar-refractivity contribution in [1.82, 2.24) is 0 Å². The third-order valence-electron chi connectivity index (χ3n) is 6.25. The Balaban J connectivity index is 1.57. The molecule has 0 amide bonds. The van der Waals surface area contributed by atoms with Gasteiger partial charge < -0.3 is 9.64 Å². The minimum Gasteiger partial charge on any atom is -0.497 e. The molecule has 0 bridgehead atoms. The Labute approximate surface area is 217 Å². The van der Waals surface area contributed by atoms with Gasteiger partial charge in [-0.15, -0.1) is 0 Å². The van der Waals surface area contributed by atoms with Crippen LogP contribution in [0.4, 0.5) is 17.1 Å². The van der Waals surface area contributed by atoms with Crippen LogP contribution in [-0.4, -0.2) is 13.4 Å². The maximum Gasteiger partial charge on any atom is 0.150 e. The van der Waals surface area contributed by atoms with Crippen LogP contribution in [0.15, 0.2) is 133 Å². The standard InChI is InChI=1S/C34H27NO2/c1-37-33-22-20-32(21-23-33)35(30-16-12-27(25-36)13-17-30)31-18-14-29(15-19-31)34(28-10-6-3-7-11-28)24-26-8-4-2-5-9-26/h2-25H,1H3. The van der Waals surface area contributed by atoms with E-state index in [1.807, 2.05) is 60.7 Å². The maximum absolute atomic E-state index is 11.2. The summed E-state index contributed by atoms with van der Waals surface area (Å²) in [6.45, 7) is 0. The molecule has 0 aromatic heterocycles. The minimum absolute atomic E-state index is 0.646. The summed E-state index contributed by atoms with van der Waals surface area (Å²) >= 11 is 0. The number of aldehydes is 1. The molecule has 5 rings (SSSR count). The van der Waals surface area contributed by atoms with Crippen LogP contribution < -0.4 is 9.64 Å². The highest BCUT2D eigenvalue weighted by atomic mass is 16.5. The first-order valence-corrected chi connectivity index (χ1v) is 12.2. The minimum atomic E-state index is 0.646. The molecule has 0 spiro atoms. The fraction of sp³-hybridized carbons (Fsp3) is 0.0294. The lowest BCUT2D eigenvalue weighted by molar-refractivity contribution is 0.112. The molecule has 3 nitrogen and oxygen atoms in total. The quantitative estimate of drug-likeness (QED) is 0.164. The van der Waals surface area contributed by atoms with Gasteiger partial charge in [-0.1, -0.05) is 72.8 Å². The zero-order valence-corrected chi connectivity index (χ0v) is 20.6. The van der Waals surface area contributed by atoms with Gasteiger partial charge in [-0.3, -0.25) is 4.79 Å². The van der Waals surface area contributed by atoms with Gasteiger partial charge in [0.2, 0.25) is 0 Å². The van der Waals surface area contributed by atoms with Crippen LogP contribution in [0.3, 0.4) is 0 Å². The van der Waals surface area contributed by atoms with Crippen molar-refractivity contribution in [2.75, 3.05) is 12.0 Å². The molecule has 0 aliphatic heterocycles. The lowest BCUT2D eigenvalue weighted by Crippen LogP contribution is -2.10. The first kappa shape index (κ1) is 23.8. The third-order valence-corrected chi connectivity index (χ3v) is 6.25. The molecule has 37 heavy (non-hydrogen) atoms. The molecular formula is C34H27NO2. The molecule has 0 N–H and O–H groups in total. The van der Waals surface area contributed by atoms with E-state index in [4.69, 9.17) is 4.74 Å². The lowest BCUT2D eigenvalue weighted by atomic mass is 9.95. The van der Waals surface area contributed by atoms with E-state index < -0.39 is 0 Å². The Bertz CT molecular complexity index is 1470. The Hall–Kier alpha value is -4.89. The van der Waals surface area contributed by atoms with Crippen LogP contribution in [-0.2, 0) is 0 Å². The number of nitrogens with zero attached hydrogens (tertiary/aromatic N) is 1. The molecule has 0 saturated heterocycles. The van der Waals surface area contributed by atoms with Gasteiger partial charge in [-0.2, -0.15) is 0 Å². The highest BCUT2D eigenvalue weighted by Gasteiger charge is 2.14. The number of hydrogen-bond donors (Lipinski definition) is 0. The van der Waals surface area contributed by atoms with Crippen molar-refractivity contribution >= 4 is 35.0 Å². The molecule has 0 heterocycles. The van der Waals surface area contributed by atoms with Crippen LogP contribution >= 0.6 is 0 Å². The van der Waals surface area contributed by atoms with Gasteiger partial charge in [-0.25, -0.2) is 0 Å². The first-order valence-electron chi connectivity index (χ1n) is 12.2. The van der Waals surface area contributed by atoms with Gasteiger partial charge >= 0.3 is 0 Å². The molecule has 5 aromatic rings. The topological polar surface area (TPSA) is 29.5 Å². The van der Waals surface area contributed by atoms with Crippen molar-refractivity contribution in [3.63, 3.8) is 0 Å². The van der Waals surface area contributed by atoms with Gasteiger partial charge in [0.15, 0.2) is 0 Å². The van der Waals surface area contributed by atoms with Crippen molar-refractivity contribution in [1.29, 1.82) is 0 Å². The number of methoxy groups -OCH3 is 1. The van der Waals surface area contributed by atoms with E-state index in [9.17, 15) is 4.79 Å². The molecular weight excluding hydrogens is 454 g/mol. The van der Waals surface area contributed by atoms with Gasteiger partial charge in [-0.05, 0) is 89.0 Å². The average Bonchev–Trinajstić information content (AvgIpc) is 2.98. The van der Waals surface area contributed by atoms with Gasteiger partial charge in [0.25, 0.3) is 0 Å². The number of rotatable bonds is 8. The third kappa shape index (κ3) is 5.52. The summed E-state index contributed by atoms with van der Waals surface area (Å²) < 4.78 is 5.36. The monoisotopic (exact) mass is 481 g/mol. The predicted octanol–water partition coefficient (Wildman–Crippen LogP) is 8.57. The van der Waals surface area contributed by atoms with Crippen LogP contribution in [0, 0.1) is 0 Å². The van der Waals surface area contributed by atoms with E-state index in [0.717, 1.165) is 51.4 Å². The van der Waals surface area contributed by atoms with E-state index >= 15 is 0 Å². The van der Waals surface area contributed by atoms with Crippen molar-refractivity contribution < 1.29 is 9.53 Å². The SMILES string of the molecule is COc1ccc(N(c2ccc(C=O)cc2)c2ccc(C(=Cc3ccccc3)c3ccccc3)cc2)cc1. The van der Waals surface area contributed by atoms with Crippen LogP contribution in [0.25, 0.3) is 11.6 Å². The second-order valence-electron chi connectivity index (χ2n) is 8.62. The van der Waals surface area contributed by atoms with E-state index in [2.05, 4.69) is 83.8 Å². The molecule has 0 aliphatic rings. The molecule has 180 valence electrons. The van der Waals surface area contributed by atoms with Crippen LogP contribution in [0.5, 0.6) is 5.75 Å². The molecule has 0 radical (unpaired) electrons. The van der Waals surface area contributed by atoms with Gasteiger partial charge in [0.1, 0.15) is 12.0 Å². The highest BCUT2D eigenvalue weighted by Crippen LogP contribution is 2.36. The number of ether oxygens (including phenoxy) is 1. The predicted molar refractivity (Wildman–Crippen MR) is 153 cm³/mol. The lowest BCUT2D eigenvalue weighted by Gasteiger charge is -2.26. The number of hydrogen-bond acceptors (Lipinski definition) is 3. The van der Waals surface area contributed by atoms with Gasteiger partial charge in [0.05, 0.1) is 7.11 Å². The molecule has 0 unspecified atom stereocenters. The molecule has 0 saturated carbocycles. The summed E-state index contributed by atoms with van der Waals surface area (Å²) in [5.74, 6) is 0.800. The van der Waals surface area contributed by atoms with E-state index in [1.165, 1.54) is 0 Å². The summed E-state index contributed by atoms with van der Waals surface area (Å²) in [6, 6.07) is 45.0. The molecule has 0 fully saturated rings. The Morgan fingerprint density at radius 3 is 1.59 bits per heavy atom. The molecule has 0 atom stereocenters. The molecule has 5 aromatic carbocycles. The number of benzene rings is 5. The zero-order valence-electron chi connectivity index (χ0n) is 20.6. The number of carbonyl (C=O) groups is 1. The second-order valence-corrected chi connectivity index (χ2v) is 8.62.